The van der Waals surface area contributed by atoms with Gasteiger partial charge in [0.25, 0.3) is 0 Å². The first-order valence-electron chi connectivity index (χ1n) is 8.22. The molecule has 1 aromatic carbocycles. The Morgan fingerprint density at radius 1 is 1.28 bits per heavy atom. The van der Waals surface area contributed by atoms with Crippen molar-refractivity contribution in [2.45, 2.75) is 18.9 Å². The summed E-state index contributed by atoms with van der Waals surface area (Å²) in [4.78, 5) is 39.5. The normalized spacial score (nSPS) is 20.2. The van der Waals surface area contributed by atoms with Crippen molar-refractivity contribution >= 4 is 17.7 Å². The lowest BCUT2D eigenvalue weighted by Gasteiger charge is -2.38. The molecule has 0 radical (unpaired) electrons. The zero-order valence-corrected chi connectivity index (χ0v) is 15.1. The quantitative estimate of drug-likeness (QED) is 0.855. The second-order valence-electron chi connectivity index (χ2n) is 6.37. The second kappa shape index (κ2) is 8.00. The molecule has 3 amide bonds. The van der Waals surface area contributed by atoms with Crippen molar-refractivity contribution in [2.24, 2.45) is 5.92 Å². The van der Waals surface area contributed by atoms with Crippen molar-refractivity contribution in [2.75, 3.05) is 34.8 Å². The molecule has 1 aliphatic rings. The number of amides is 3. The molecule has 1 saturated heterocycles. The average molecular weight is 347 g/mol. The summed E-state index contributed by atoms with van der Waals surface area (Å²) in [5.41, 5.74) is 0.871. The number of methoxy groups -OCH3 is 1. The van der Waals surface area contributed by atoms with E-state index < -0.39 is 5.92 Å². The van der Waals surface area contributed by atoms with Gasteiger partial charge in [0.15, 0.2) is 0 Å². The van der Waals surface area contributed by atoms with Crippen LogP contribution in [0.4, 0.5) is 0 Å². The summed E-state index contributed by atoms with van der Waals surface area (Å²) in [5.74, 6) is -0.0589. The number of carbonyl (C=O) groups is 3. The molecule has 7 nitrogen and oxygen atoms in total. The van der Waals surface area contributed by atoms with Gasteiger partial charge in [-0.1, -0.05) is 12.1 Å². The Morgan fingerprint density at radius 2 is 1.92 bits per heavy atom. The van der Waals surface area contributed by atoms with Gasteiger partial charge in [0.05, 0.1) is 25.6 Å². The number of rotatable bonds is 5. The summed E-state index contributed by atoms with van der Waals surface area (Å²) in [6, 6.07) is 6.99. The van der Waals surface area contributed by atoms with Crippen LogP contribution in [0.5, 0.6) is 5.75 Å². The number of benzene rings is 1. The van der Waals surface area contributed by atoms with Crippen LogP contribution in [-0.2, 0) is 14.4 Å². The first-order chi connectivity index (χ1) is 11.8. The molecule has 1 fully saturated rings. The first-order valence-corrected chi connectivity index (χ1v) is 8.22. The van der Waals surface area contributed by atoms with Gasteiger partial charge >= 0.3 is 0 Å². The van der Waals surface area contributed by atoms with Crippen LogP contribution in [0.2, 0.25) is 0 Å². The lowest BCUT2D eigenvalue weighted by molar-refractivity contribution is -0.142. The van der Waals surface area contributed by atoms with Gasteiger partial charge in [0.2, 0.25) is 17.7 Å². The van der Waals surface area contributed by atoms with Crippen LogP contribution in [0.3, 0.4) is 0 Å². The van der Waals surface area contributed by atoms with Crippen LogP contribution in [0, 0.1) is 5.92 Å². The standard InChI is InChI=1S/C18H25N3O4/c1-20(2)16(23)11-19-18(24)14-9-10-15(22)21(3)17(14)12-5-7-13(25-4)8-6-12/h5-8,14,17H,9-11H2,1-4H3,(H,19,24)/t14-,17+/m0/s1. The third-order valence-electron chi connectivity index (χ3n) is 4.57. The van der Waals surface area contributed by atoms with Gasteiger partial charge < -0.3 is 19.9 Å². The van der Waals surface area contributed by atoms with Crippen molar-refractivity contribution in [1.82, 2.24) is 15.1 Å². The molecule has 0 spiro atoms. The highest BCUT2D eigenvalue weighted by molar-refractivity contribution is 5.88. The summed E-state index contributed by atoms with van der Waals surface area (Å²) in [7, 11) is 6.58. The van der Waals surface area contributed by atoms with Crippen LogP contribution >= 0.6 is 0 Å². The largest absolute Gasteiger partial charge is 0.497 e. The summed E-state index contributed by atoms with van der Waals surface area (Å²) in [5, 5.41) is 2.70. The van der Waals surface area contributed by atoms with Gasteiger partial charge in [-0.3, -0.25) is 14.4 Å². The molecular weight excluding hydrogens is 322 g/mol. The van der Waals surface area contributed by atoms with E-state index >= 15 is 0 Å². The van der Waals surface area contributed by atoms with Crippen LogP contribution in [0.15, 0.2) is 24.3 Å². The van der Waals surface area contributed by atoms with Crippen LogP contribution < -0.4 is 10.1 Å². The Labute approximate surface area is 147 Å². The zero-order chi connectivity index (χ0) is 18.6. The highest BCUT2D eigenvalue weighted by Gasteiger charge is 2.38. The molecule has 0 aromatic heterocycles. The maximum absolute atomic E-state index is 12.6. The van der Waals surface area contributed by atoms with E-state index in [2.05, 4.69) is 5.32 Å². The van der Waals surface area contributed by atoms with Crippen molar-refractivity contribution in [3.8, 4) is 5.75 Å². The van der Waals surface area contributed by atoms with E-state index in [1.165, 1.54) is 4.90 Å². The maximum atomic E-state index is 12.6. The zero-order valence-electron chi connectivity index (χ0n) is 15.1. The number of nitrogens with zero attached hydrogens (tertiary/aromatic N) is 2. The van der Waals surface area contributed by atoms with Gasteiger partial charge in [-0.25, -0.2) is 0 Å². The SMILES string of the molecule is COc1ccc([C@@H]2[C@@H](C(=O)NCC(=O)N(C)C)CCC(=O)N2C)cc1. The Morgan fingerprint density at radius 3 is 2.48 bits per heavy atom. The first kappa shape index (κ1) is 18.8. The summed E-state index contributed by atoms with van der Waals surface area (Å²) < 4.78 is 5.16. The highest BCUT2D eigenvalue weighted by atomic mass is 16.5. The molecule has 0 aliphatic carbocycles. The van der Waals surface area contributed by atoms with Gasteiger partial charge in [-0.05, 0) is 24.1 Å². The monoisotopic (exact) mass is 347 g/mol. The van der Waals surface area contributed by atoms with E-state index in [0.717, 1.165) is 5.56 Å². The molecule has 2 atom stereocenters. The van der Waals surface area contributed by atoms with Gasteiger partial charge in [-0.15, -0.1) is 0 Å². The third kappa shape index (κ3) is 4.29. The molecule has 25 heavy (non-hydrogen) atoms. The highest BCUT2D eigenvalue weighted by Crippen LogP contribution is 2.36. The number of hydrogen-bond acceptors (Lipinski definition) is 4. The van der Waals surface area contributed by atoms with Crippen molar-refractivity contribution < 1.29 is 19.1 Å². The minimum absolute atomic E-state index is 0.00855. The number of likely N-dealkylation sites (N-methyl/N-ethyl adjacent to an activating group) is 1. The summed E-state index contributed by atoms with van der Waals surface area (Å²) in [6.45, 7) is -0.0463. The molecule has 2 rings (SSSR count). The van der Waals surface area contributed by atoms with Gasteiger partial charge in [0.1, 0.15) is 5.75 Å². The minimum Gasteiger partial charge on any atom is -0.497 e. The predicted octanol–water partition coefficient (Wildman–Crippen LogP) is 0.809. The molecule has 0 bridgehead atoms. The molecule has 0 saturated carbocycles. The molecule has 136 valence electrons. The molecule has 1 heterocycles. The van der Waals surface area contributed by atoms with Crippen LogP contribution in [0.25, 0.3) is 0 Å². The van der Waals surface area contributed by atoms with Crippen LogP contribution in [0.1, 0.15) is 24.4 Å². The summed E-state index contributed by atoms with van der Waals surface area (Å²) in [6.07, 6.45) is 0.782. The van der Waals surface area contributed by atoms with E-state index in [1.807, 2.05) is 24.3 Å². The lowest BCUT2D eigenvalue weighted by Crippen LogP contribution is -2.47. The van der Waals surface area contributed by atoms with E-state index in [9.17, 15) is 14.4 Å². The van der Waals surface area contributed by atoms with Gasteiger partial charge in [0, 0.05) is 27.6 Å². The molecular formula is C18H25N3O4. The van der Waals surface area contributed by atoms with Crippen molar-refractivity contribution in [1.29, 1.82) is 0 Å². The minimum atomic E-state index is -0.397. The number of nitrogens with one attached hydrogen (secondary N) is 1. The van der Waals surface area contributed by atoms with Crippen molar-refractivity contribution in [3.63, 3.8) is 0 Å². The Balaban J connectivity index is 2.19. The fraction of sp³-hybridized carbons (Fsp3) is 0.500. The van der Waals surface area contributed by atoms with E-state index in [0.29, 0.717) is 18.6 Å². The molecule has 1 aromatic rings. The third-order valence-corrected chi connectivity index (χ3v) is 4.57. The smallest absolute Gasteiger partial charge is 0.241 e. The second-order valence-corrected chi connectivity index (χ2v) is 6.37. The van der Waals surface area contributed by atoms with Crippen molar-refractivity contribution in [3.05, 3.63) is 29.8 Å². The van der Waals surface area contributed by atoms with E-state index in [-0.39, 0.29) is 30.3 Å². The number of carbonyl (C=O) groups excluding carboxylic acids is 3. The Hall–Kier alpha value is -2.57. The van der Waals surface area contributed by atoms with Gasteiger partial charge in [-0.2, -0.15) is 0 Å². The van der Waals surface area contributed by atoms with E-state index in [4.69, 9.17) is 4.74 Å². The topological polar surface area (TPSA) is 79.0 Å². The van der Waals surface area contributed by atoms with E-state index in [1.54, 1.807) is 33.2 Å². The Bertz CT molecular complexity index is 642. The number of piperidine rings is 1. The fourth-order valence-corrected chi connectivity index (χ4v) is 3.02. The van der Waals surface area contributed by atoms with Crippen LogP contribution in [-0.4, -0.2) is 62.3 Å². The number of likely N-dealkylation sites (tertiary alicyclic amines) is 1. The average Bonchev–Trinajstić information content (AvgIpc) is 2.61. The maximum Gasteiger partial charge on any atom is 0.241 e. The molecule has 7 heteroatoms. The summed E-state index contributed by atoms with van der Waals surface area (Å²) >= 11 is 0. The number of ether oxygens (including phenoxy) is 1. The fourth-order valence-electron chi connectivity index (χ4n) is 3.02. The molecule has 1 N–H and O–H groups in total. The number of hydrogen-bond donors (Lipinski definition) is 1. The predicted molar refractivity (Wildman–Crippen MR) is 92.9 cm³/mol. The lowest BCUT2D eigenvalue weighted by atomic mass is 9.84. The molecule has 1 aliphatic heterocycles. The Kier molecular flexibility index (Phi) is 6.01. The molecule has 0 unspecified atom stereocenters.